The Bertz CT molecular complexity index is 738. The summed E-state index contributed by atoms with van der Waals surface area (Å²) in [6, 6.07) is 15.6. The number of nitrogens with zero attached hydrogens (tertiary/aromatic N) is 3. The molecule has 0 radical (unpaired) electrons. The van der Waals surface area contributed by atoms with Gasteiger partial charge in [-0.3, -0.25) is 4.79 Å². The lowest BCUT2D eigenvalue weighted by Gasteiger charge is -2.16. The van der Waals surface area contributed by atoms with Crippen molar-refractivity contribution in [3.05, 3.63) is 65.5 Å². The van der Waals surface area contributed by atoms with E-state index in [1.54, 1.807) is 17.0 Å². The van der Waals surface area contributed by atoms with E-state index in [0.29, 0.717) is 31.0 Å². The highest BCUT2D eigenvalue weighted by molar-refractivity contribution is 5.92. The van der Waals surface area contributed by atoms with Crippen molar-refractivity contribution >= 4 is 5.91 Å². The number of carbonyl (C=O) groups is 1. The first-order valence-electron chi connectivity index (χ1n) is 8.57. The van der Waals surface area contributed by atoms with Gasteiger partial charge in [0.1, 0.15) is 11.8 Å². The number of rotatable bonds is 6. The van der Waals surface area contributed by atoms with Crippen molar-refractivity contribution < 1.29 is 9.53 Å². The predicted octanol–water partition coefficient (Wildman–Crippen LogP) is 2.82. The van der Waals surface area contributed by atoms with E-state index in [0.717, 1.165) is 19.3 Å². The van der Waals surface area contributed by atoms with E-state index in [1.165, 1.54) is 11.8 Å². The molecule has 25 heavy (non-hydrogen) atoms. The van der Waals surface area contributed by atoms with Gasteiger partial charge in [-0.25, -0.2) is 4.98 Å². The minimum Gasteiger partial charge on any atom is -0.376 e. The summed E-state index contributed by atoms with van der Waals surface area (Å²) in [5, 5.41) is 8.79. The molecule has 0 N–H and O–H groups in total. The molecular weight excluding hydrogens is 314 g/mol. The smallest absolute Gasteiger partial charge is 0.272 e. The second-order valence-electron chi connectivity index (χ2n) is 6.17. The van der Waals surface area contributed by atoms with E-state index in [9.17, 15) is 4.79 Å². The third-order valence-electron chi connectivity index (χ3n) is 4.35. The zero-order valence-electron chi connectivity index (χ0n) is 14.1. The molecule has 5 nitrogen and oxygen atoms in total. The number of carbonyl (C=O) groups excluding carboxylic acids is 1. The number of amides is 1. The average molecular weight is 335 g/mol. The van der Waals surface area contributed by atoms with Gasteiger partial charge in [-0.1, -0.05) is 30.3 Å². The fourth-order valence-corrected chi connectivity index (χ4v) is 2.97. The summed E-state index contributed by atoms with van der Waals surface area (Å²) in [7, 11) is 0. The highest BCUT2D eigenvalue weighted by Gasteiger charge is 2.27. The Morgan fingerprint density at radius 2 is 2.12 bits per heavy atom. The van der Waals surface area contributed by atoms with E-state index in [-0.39, 0.29) is 12.0 Å². The molecule has 1 aromatic carbocycles. The molecule has 2 heterocycles. The first-order valence-corrected chi connectivity index (χ1v) is 8.57. The number of aromatic nitrogens is 1. The first-order chi connectivity index (χ1) is 12.3. The van der Waals surface area contributed by atoms with E-state index >= 15 is 0 Å². The molecule has 128 valence electrons. The summed E-state index contributed by atoms with van der Waals surface area (Å²) < 4.78 is 5.92. The van der Waals surface area contributed by atoms with Crippen molar-refractivity contribution in [2.45, 2.75) is 25.4 Å². The second-order valence-corrected chi connectivity index (χ2v) is 6.17. The molecule has 5 heteroatoms. The summed E-state index contributed by atoms with van der Waals surface area (Å²) in [6.07, 6.45) is 4.36. The van der Waals surface area contributed by atoms with Crippen LogP contribution in [0.5, 0.6) is 0 Å². The van der Waals surface area contributed by atoms with Crippen molar-refractivity contribution in [3.8, 4) is 6.07 Å². The number of ether oxygens (including phenoxy) is 1. The van der Waals surface area contributed by atoms with Crippen LogP contribution in [-0.2, 0) is 11.2 Å². The number of aryl methyl sites for hydroxylation is 1. The van der Waals surface area contributed by atoms with Crippen LogP contribution in [0.4, 0.5) is 0 Å². The van der Waals surface area contributed by atoms with Gasteiger partial charge in [-0.05, 0) is 37.0 Å². The van der Waals surface area contributed by atoms with Crippen molar-refractivity contribution in [2.75, 3.05) is 19.7 Å². The summed E-state index contributed by atoms with van der Waals surface area (Å²) >= 11 is 0. The third-order valence-corrected chi connectivity index (χ3v) is 4.35. The van der Waals surface area contributed by atoms with Crippen LogP contribution in [0.1, 0.15) is 34.5 Å². The Balaban J connectivity index is 1.42. The fraction of sp³-hybridized carbons (Fsp3) is 0.350. The summed E-state index contributed by atoms with van der Waals surface area (Å²) in [5.41, 5.74) is 2.16. The zero-order valence-corrected chi connectivity index (χ0v) is 14.1. The van der Waals surface area contributed by atoms with Gasteiger partial charge >= 0.3 is 0 Å². The maximum Gasteiger partial charge on any atom is 0.272 e. The molecule has 1 aliphatic heterocycles. The van der Waals surface area contributed by atoms with Crippen LogP contribution in [0.25, 0.3) is 0 Å². The molecule has 1 fully saturated rings. The first kappa shape index (κ1) is 17.1. The Kier molecular flexibility index (Phi) is 5.76. The minimum absolute atomic E-state index is 0.0955. The van der Waals surface area contributed by atoms with Crippen LogP contribution in [0.15, 0.2) is 48.7 Å². The highest BCUT2D eigenvalue weighted by atomic mass is 16.5. The lowest BCUT2D eigenvalue weighted by molar-refractivity contribution is 0.0523. The molecule has 0 aliphatic carbocycles. The van der Waals surface area contributed by atoms with E-state index < -0.39 is 0 Å². The Hall–Kier alpha value is -2.71. The van der Waals surface area contributed by atoms with Crippen LogP contribution in [0, 0.1) is 11.3 Å². The second kappa shape index (κ2) is 8.41. The van der Waals surface area contributed by atoms with E-state index in [4.69, 9.17) is 10.00 Å². The molecule has 1 aliphatic rings. The predicted molar refractivity (Wildman–Crippen MR) is 94.0 cm³/mol. The monoisotopic (exact) mass is 335 g/mol. The zero-order chi connectivity index (χ0) is 17.5. The van der Waals surface area contributed by atoms with Gasteiger partial charge in [-0.15, -0.1) is 0 Å². The number of nitriles is 1. The van der Waals surface area contributed by atoms with Gasteiger partial charge in [-0.2, -0.15) is 5.26 Å². The third kappa shape index (κ3) is 4.65. The van der Waals surface area contributed by atoms with E-state index in [2.05, 4.69) is 17.1 Å². The van der Waals surface area contributed by atoms with Gasteiger partial charge in [0.2, 0.25) is 0 Å². The Morgan fingerprint density at radius 1 is 1.28 bits per heavy atom. The Labute approximate surface area is 147 Å². The molecule has 3 rings (SSSR count). The Morgan fingerprint density at radius 3 is 2.84 bits per heavy atom. The maximum absolute atomic E-state index is 12.4. The molecule has 1 saturated heterocycles. The number of benzene rings is 1. The number of hydrogen-bond donors (Lipinski definition) is 0. The molecule has 0 unspecified atom stereocenters. The van der Waals surface area contributed by atoms with Gasteiger partial charge < -0.3 is 9.64 Å². The molecule has 1 amide bonds. The highest BCUT2D eigenvalue weighted by Crippen LogP contribution is 2.16. The summed E-state index contributed by atoms with van der Waals surface area (Å²) in [4.78, 5) is 18.3. The molecule has 2 aromatic rings. The summed E-state index contributed by atoms with van der Waals surface area (Å²) in [5.74, 6) is -0.0973. The van der Waals surface area contributed by atoms with E-state index in [1.807, 2.05) is 24.3 Å². The van der Waals surface area contributed by atoms with Gasteiger partial charge in [0.25, 0.3) is 5.91 Å². The van der Waals surface area contributed by atoms with Gasteiger partial charge in [0.05, 0.1) is 11.7 Å². The van der Waals surface area contributed by atoms with Crippen molar-refractivity contribution in [1.82, 2.24) is 9.88 Å². The SMILES string of the molecule is N#Cc1ccc(C(=O)N2CC[C@H](OCCCc3ccccc3)C2)nc1. The van der Waals surface area contributed by atoms with Gasteiger partial charge in [0, 0.05) is 25.9 Å². The fourth-order valence-electron chi connectivity index (χ4n) is 2.97. The topological polar surface area (TPSA) is 66.2 Å². The normalized spacial score (nSPS) is 16.6. The average Bonchev–Trinajstić information content (AvgIpc) is 3.14. The van der Waals surface area contributed by atoms with Crippen molar-refractivity contribution in [3.63, 3.8) is 0 Å². The van der Waals surface area contributed by atoms with Crippen LogP contribution in [-0.4, -0.2) is 41.6 Å². The quantitative estimate of drug-likeness (QED) is 0.761. The standard InChI is InChI=1S/C20H21N3O2/c21-13-17-8-9-19(22-14-17)20(24)23-11-10-18(15-23)25-12-4-7-16-5-2-1-3-6-16/h1-3,5-6,8-9,14,18H,4,7,10-12,15H2/t18-/m0/s1. The molecular formula is C20H21N3O2. The van der Waals surface area contributed by atoms with Gasteiger partial charge in [0.15, 0.2) is 0 Å². The lowest BCUT2D eigenvalue weighted by Crippen LogP contribution is -2.30. The number of hydrogen-bond acceptors (Lipinski definition) is 4. The molecule has 0 saturated carbocycles. The maximum atomic E-state index is 12.4. The molecule has 1 atom stereocenters. The molecule has 0 spiro atoms. The van der Waals surface area contributed by atoms with Crippen molar-refractivity contribution in [1.29, 1.82) is 5.26 Å². The van der Waals surface area contributed by atoms with Crippen LogP contribution in [0.3, 0.4) is 0 Å². The van der Waals surface area contributed by atoms with Crippen LogP contribution >= 0.6 is 0 Å². The largest absolute Gasteiger partial charge is 0.376 e. The minimum atomic E-state index is -0.0973. The number of likely N-dealkylation sites (tertiary alicyclic amines) is 1. The van der Waals surface area contributed by atoms with Crippen molar-refractivity contribution in [2.24, 2.45) is 0 Å². The lowest BCUT2D eigenvalue weighted by atomic mass is 10.1. The van der Waals surface area contributed by atoms with Crippen LogP contribution in [0.2, 0.25) is 0 Å². The van der Waals surface area contributed by atoms with Crippen LogP contribution < -0.4 is 0 Å². The molecule has 0 bridgehead atoms. The molecule has 1 aromatic heterocycles. The number of pyridine rings is 1. The summed E-state index contributed by atoms with van der Waals surface area (Å²) in [6.45, 7) is 1.99.